The zero-order valence-electron chi connectivity index (χ0n) is 20.0. The minimum atomic E-state index is -1.10. The van der Waals surface area contributed by atoms with Crippen molar-refractivity contribution in [2.75, 3.05) is 20.5 Å². The maximum Gasteiger partial charge on any atom is 0.332 e. The van der Waals surface area contributed by atoms with Gasteiger partial charge in [-0.2, -0.15) is 0 Å². The van der Waals surface area contributed by atoms with Crippen molar-refractivity contribution in [1.29, 1.82) is 0 Å². The highest BCUT2D eigenvalue weighted by Gasteiger charge is 2.53. The minimum Gasteiger partial charge on any atom is -0.493 e. The third kappa shape index (κ3) is 7.59. The number of carbonyl (C=O) groups excluding carboxylic acids is 3. The summed E-state index contributed by atoms with van der Waals surface area (Å²) in [4.78, 5) is 40.9. The van der Waals surface area contributed by atoms with Crippen LogP contribution in [0, 0.1) is 0 Å². The van der Waals surface area contributed by atoms with Crippen LogP contribution in [0.25, 0.3) is 0 Å². The fraction of sp³-hybridized carbons (Fsp3) is 0.652. The molecule has 0 spiro atoms. The third-order valence-electron chi connectivity index (χ3n) is 5.18. The van der Waals surface area contributed by atoms with Gasteiger partial charge in [0.1, 0.15) is 11.6 Å². The van der Waals surface area contributed by atoms with Crippen LogP contribution >= 0.6 is 0 Å². The summed E-state index contributed by atoms with van der Waals surface area (Å²) in [5.41, 5.74) is -1.19. The van der Waals surface area contributed by atoms with Crippen molar-refractivity contribution in [3.8, 4) is 11.5 Å². The van der Waals surface area contributed by atoms with Crippen LogP contribution in [0.3, 0.4) is 0 Å². The lowest BCUT2D eigenvalue weighted by Gasteiger charge is -2.23. The first-order valence-electron chi connectivity index (χ1n) is 11.2. The summed E-state index contributed by atoms with van der Waals surface area (Å²) in [6.07, 6.45) is 4.28. The summed E-state index contributed by atoms with van der Waals surface area (Å²) >= 11 is 0. The lowest BCUT2D eigenvalue weighted by Crippen LogP contribution is -2.45. The smallest absolute Gasteiger partial charge is 0.332 e. The Bertz CT molecular complexity index is 825. The number of nitrogens with zero attached hydrogens (tertiary/aromatic N) is 1. The second-order valence-electron chi connectivity index (χ2n) is 7.98. The maximum atomic E-state index is 13.0. The van der Waals surface area contributed by atoms with Crippen molar-refractivity contribution in [1.82, 2.24) is 10.3 Å². The molecule has 1 amide bonds. The SMILES string of the molecule is CCCOC(CC)CC(C)OC(=O)C1(NC(=O)c2nccc(OC)c2OCOC(C)=O)CC1. The van der Waals surface area contributed by atoms with Crippen LogP contribution in [0.1, 0.15) is 70.3 Å². The monoisotopic (exact) mass is 466 g/mol. The van der Waals surface area contributed by atoms with Gasteiger partial charge in [-0.05, 0) is 32.6 Å². The number of rotatable bonds is 14. The van der Waals surface area contributed by atoms with E-state index in [1.165, 1.54) is 26.3 Å². The highest BCUT2D eigenvalue weighted by Crippen LogP contribution is 2.38. The summed E-state index contributed by atoms with van der Waals surface area (Å²) in [5, 5.41) is 2.73. The number of pyridine rings is 1. The van der Waals surface area contributed by atoms with Gasteiger partial charge in [0, 0.05) is 32.2 Å². The van der Waals surface area contributed by atoms with Gasteiger partial charge in [0.15, 0.2) is 17.2 Å². The molecule has 2 unspecified atom stereocenters. The fourth-order valence-electron chi connectivity index (χ4n) is 3.20. The Morgan fingerprint density at radius 3 is 2.55 bits per heavy atom. The highest BCUT2D eigenvalue weighted by molar-refractivity contribution is 6.00. The van der Waals surface area contributed by atoms with Crippen molar-refractivity contribution >= 4 is 17.8 Å². The van der Waals surface area contributed by atoms with Crippen LogP contribution in [0.2, 0.25) is 0 Å². The molecule has 2 atom stereocenters. The molecule has 0 aliphatic heterocycles. The van der Waals surface area contributed by atoms with Crippen molar-refractivity contribution in [3.63, 3.8) is 0 Å². The molecule has 10 heteroatoms. The first-order chi connectivity index (χ1) is 15.8. The van der Waals surface area contributed by atoms with Gasteiger partial charge in [0.05, 0.1) is 13.2 Å². The molecule has 1 heterocycles. The Balaban J connectivity index is 2.04. The van der Waals surface area contributed by atoms with Crippen LogP contribution in [0.15, 0.2) is 12.3 Å². The Hall–Kier alpha value is -2.88. The normalized spacial score (nSPS) is 15.7. The number of methoxy groups -OCH3 is 1. The quantitative estimate of drug-likeness (QED) is 0.326. The molecule has 1 aromatic heterocycles. The van der Waals surface area contributed by atoms with E-state index in [2.05, 4.69) is 10.3 Å². The molecule has 33 heavy (non-hydrogen) atoms. The fourth-order valence-corrected chi connectivity index (χ4v) is 3.20. The van der Waals surface area contributed by atoms with Gasteiger partial charge in [-0.25, -0.2) is 9.78 Å². The second kappa shape index (κ2) is 12.4. The van der Waals surface area contributed by atoms with Gasteiger partial charge in [-0.15, -0.1) is 0 Å². The zero-order chi connectivity index (χ0) is 24.4. The number of amides is 1. The van der Waals surface area contributed by atoms with Crippen LogP contribution in [-0.4, -0.2) is 61.1 Å². The predicted molar refractivity (Wildman–Crippen MR) is 118 cm³/mol. The molecule has 2 rings (SSSR count). The van der Waals surface area contributed by atoms with Gasteiger partial charge in [0.2, 0.25) is 6.79 Å². The molecule has 1 N–H and O–H groups in total. The Labute approximate surface area is 194 Å². The van der Waals surface area contributed by atoms with Gasteiger partial charge in [-0.3, -0.25) is 9.59 Å². The molecular weight excluding hydrogens is 432 g/mol. The average Bonchev–Trinajstić information content (AvgIpc) is 3.56. The Morgan fingerprint density at radius 2 is 1.97 bits per heavy atom. The number of aromatic nitrogens is 1. The zero-order valence-corrected chi connectivity index (χ0v) is 20.0. The second-order valence-corrected chi connectivity index (χ2v) is 7.98. The van der Waals surface area contributed by atoms with Gasteiger partial charge in [-0.1, -0.05) is 13.8 Å². The van der Waals surface area contributed by atoms with Crippen LogP contribution < -0.4 is 14.8 Å². The van der Waals surface area contributed by atoms with E-state index in [-0.39, 0.29) is 29.4 Å². The lowest BCUT2D eigenvalue weighted by molar-refractivity contribution is -0.153. The molecule has 0 bridgehead atoms. The van der Waals surface area contributed by atoms with Crippen molar-refractivity contribution in [3.05, 3.63) is 18.0 Å². The Kier molecular flexibility index (Phi) is 9.90. The van der Waals surface area contributed by atoms with E-state index >= 15 is 0 Å². The topological polar surface area (TPSA) is 122 Å². The Morgan fingerprint density at radius 1 is 1.24 bits per heavy atom. The molecular formula is C23H34N2O8. The molecule has 0 aromatic carbocycles. The lowest BCUT2D eigenvalue weighted by atomic mass is 10.1. The summed E-state index contributed by atoms with van der Waals surface area (Å²) in [6.45, 7) is 7.37. The number of nitrogens with one attached hydrogen (secondary N) is 1. The minimum absolute atomic E-state index is 0.00939. The van der Waals surface area contributed by atoms with Crippen molar-refractivity contribution < 1.29 is 38.1 Å². The van der Waals surface area contributed by atoms with Crippen molar-refractivity contribution in [2.45, 2.75) is 77.5 Å². The first kappa shape index (κ1) is 26.4. The third-order valence-corrected chi connectivity index (χ3v) is 5.18. The van der Waals surface area contributed by atoms with Crippen LogP contribution in [-0.2, 0) is 23.8 Å². The van der Waals surface area contributed by atoms with Gasteiger partial charge >= 0.3 is 11.9 Å². The molecule has 1 saturated carbocycles. The molecule has 0 radical (unpaired) electrons. The molecule has 1 aliphatic rings. The van der Waals surface area contributed by atoms with E-state index in [1.807, 2.05) is 20.8 Å². The molecule has 10 nitrogen and oxygen atoms in total. The molecule has 1 aliphatic carbocycles. The molecule has 1 aromatic rings. The summed E-state index contributed by atoms with van der Waals surface area (Å²) in [5.74, 6) is -1.40. The molecule has 1 fully saturated rings. The van der Waals surface area contributed by atoms with Crippen LogP contribution in [0.4, 0.5) is 0 Å². The molecule has 0 saturated heterocycles. The van der Waals surface area contributed by atoms with Gasteiger partial charge < -0.3 is 29.0 Å². The maximum absolute atomic E-state index is 13.0. The standard InChI is InChI=1S/C23H34N2O8/c1-6-12-30-17(7-2)13-15(3)33-22(28)23(9-10-23)25-21(27)19-20(32-14-31-16(4)26)18(29-5)8-11-24-19/h8,11,15,17H,6-7,9-10,12-14H2,1-5H3,(H,25,27). The van der Waals surface area contributed by atoms with Gasteiger partial charge in [0.25, 0.3) is 5.91 Å². The number of esters is 2. The van der Waals surface area contributed by atoms with Crippen LogP contribution in [0.5, 0.6) is 11.5 Å². The van der Waals surface area contributed by atoms with E-state index in [4.69, 9.17) is 23.7 Å². The first-order valence-corrected chi connectivity index (χ1v) is 11.2. The van der Waals surface area contributed by atoms with Crippen molar-refractivity contribution in [2.24, 2.45) is 0 Å². The number of carbonyl (C=O) groups is 3. The summed E-state index contributed by atoms with van der Waals surface area (Å²) in [6, 6.07) is 1.51. The van der Waals surface area contributed by atoms with E-state index < -0.39 is 30.2 Å². The predicted octanol–water partition coefficient (Wildman–Crippen LogP) is 2.78. The van der Waals surface area contributed by atoms with E-state index in [1.54, 1.807) is 0 Å². The number of ether oxygens (including phenoxy) is 5. The average molecular weight is 467 g/mol. The number of hydrogen-bond donors (Lipinski definition) is 1. The molecule has 184 valence electrons. The number of hydrogen-bond acceptors (Lipinski definition) is 9. The van der Waals surface area contributed by atoms with E-state index in [0.717, 1.165) is 12.8 Å². The van der Waals surface area contributed by atoms with E-state index in [0.29, 0.717) is 25.9 Å². The summed E-state index contributed by atoms with van der Waals surface area (Å²) < 4.78 is 26.8. The summed E-state index contributed by atoms with van der Waals surface area (Å²) in [7, 11) is 1.41. The largest absolute Gasteiger partial charge is 0.493 e. The van der Waals surface area contributed by atoms with E-state index in [9.17, 15) is 14.4 Å². The highest BCUT2D eigenvalue weighted by atomic mass is 16.7.